The number of carboxylic acid groups (broad SMARTS) is 1. The number of carboxylic acids is 1. The average molecular weight is 266 g/mol. The van der Waals surface area contributed by atoms with Crippen LogP contribution in [-0.2, 0) is 4.79 Å². The van der Waals surface area contributed by atoms with Gasteiger partial charge in [-0.1, -0.05) is 56.2 Å². The quantitative estimate of drug-likeness (QED) is 0.339. The standard InChI is InChI=1S/C16H26O3/c1-2-3-4-5-6-9-12-15(17)13-10-7-8-11-14-16(18)19/h6-10,13,15,17H,2-5,11-12,14H2,1H3,(H,18,19)/b8-7+,9-6-,13-10+. The van der Waals surface area contributed by atoms with Gasteiger partial charge in [-0.2, -0.15) is 0 Å². The third kappa shape index (κ3) is 14.6. The van der Waals surface area contributed by atoms with Crippen LogP contribution in [0.4, 0.5) is 0 Å². The average Bonchev–Trinajstić information content (AvgIpc) is 2.37. The van der Waals surface area contributed by atoms with Crippen molar-refractivity contribution in [2.45, 2.75) is 58.0 Å². The number of allylic oxidation sites excluding steroid dienone is 4. The summed E-state index contributed by atoms with van der Waals surface area (Å²) in [5, 5.41) is 18.1. The van der Waals surface area contributed by atoms with Crippen LogP contribution in [-0.4, -0.2) is 22.3 Å². The van der Waals surface area contributed by atoms with Crippen molar-refractivity contribution in [3.8, 4) is 0 Å². The van der Waals surface area contributed by atoms with Crippen molar-refractivity contribution in [2.24, 2.45) is 0 Å². The number of aliphatic hydroxyl groups is 1. The number of hydrogen-bond acceptors (Lipinski definition) is 2. The van der Waals surface area contributed by atoms with Gasteiger partial charge in [0.2, 0.25) is 0 Å². The van der Waals surface area contributed by atoms with Crippen LogP contribution in [0.1, 0.15) is 51.9 Å². The number of rotatable bonds is 11. The fourth-order valence-corrected chi connectivity index (χ4v) is 1.52. The Hall–Kier alpha value is -1.35. The molecule has 0 heterocycles. The highest BCUT2D eigenvalue weighted by Crippen LogP contribution is 2.02. The maximum atomic E-state index is 10.3. The van der Waals surface area contributed by atoms with Crippen LogP contribution in [0.25, 0.3) is 0 Å². The Morgan fingerprint density at radius 3 is 2.58 bits per heavy atom. The first-order valence-corrected chi connectivity index (χ1v) is 7.05. The van der Waals surface area contributed by atoms with E-state index in [2.05, 4.69) is 13.0 Å². The van der Waals surface area contributed by atoms with E-state index in [4.69, 9.17) is 5.11 Å². The highest BCUT2D eigenvalue weighted by Gasteiger charge is 1.93. The summed E-state index contributed by atoms with van der Waals surface area (Å²) in [6, 6.07) is 0. The number of unbranched alkanes of at least 4 members (excludes halogenated alkanes) is 3. The maximum Gasteiger partial charge on any atom is 0.303 e. The fourth-order valence-electron chi connectivity index (χ4n) is 1.52. The number of aliphatic hydroxyl groups excluding tert-OH is 1. The van der Waals surface area contributed by atoms with E-state index in [9.17, 15) is 9.90 Å². The van der Waals surface area contributed by atoms with Gasteiger partial charge in [0, 0.05) is 6.42 Å². The Morgan fingerprint density at radius 2 is 1.89 bits per heavy atom. The second-order valence-corrected chi connectivity index (χ2v) is 4.52. The van der Waals surface area contributed by atoms with Gasteiger partial charge in [0.05, 0.1) is 6.10 Å². The molecule has 0 aromatic heterocycles. The van der Waals surface area contributed by atoms with E-state index in [-0.39, 0.29) is 6.42 Å². The van der Waals surface area contributed by atoms with Crippen molar-refractivity contribution in [3.63, 3.8) is 0 Å². The van der Waals surface area contributed by atoms with Crippen molar-refractivity contribution >= 4 is 5.97 Å². The number of hydrogen-bond donors (Lipinski definition) is 2. The molecule has 0 saturated carbocycles. The summed E-state index contributed by atoms with van der Waals surface area (Å²) < 4.78 is 0. The van der Waals surface area contributed by atoms with E-state index in [0.29, 0.717) is 12.8 Å². The third-order valence-electron chi connectivity index (χ3n) is 2.62. The highest BCUT2D eigenvalue weighted by atomic mass is 16.4. The second kappa shape index (κ2) is 13.1. The molecule has 0 radical (unpaired) electrons. The summed E-state index contributed by atoms with van der Waals surface area (Å²) in [6.45, 7) is 2.18. The lowest BCUT2D eigenvalue weighted by Gasteiger charge is -1.99. The predicted molar refractivity (Wildman–Crippen MR) is 79.1 cm³/mol. The minimum Gasteiger partial charge on any atom is -0.481 e. The molecule has 0 saturated heterocycles. The van der Waals surface area contributed by atoms with Gasteiger partial charge in [-0.25, -0.2) is 0 Å². The summed E-state index contributed by atoms with van der Waals surface area (Å²) in [4.78, 5) is 10.3. The second-order valence-electron chi connectivity index (χ2n) is 4.52. The van der Waals surface area contributed by atoms with Crippen molar-refractivity contribution in [3.05, 3.63) is 36.5 Å². The molecule has 0 fully saturated rings. The van der Waals surface area contributed by atoms with Crippen molar-refractivity contribution in [1.29, 1.82) is 0 Å². The Labute approximate surface area is 116 Å². The molecule has 0 bridgehead atoms. The molecule has 0 aliphatic carbocycles. The minimum absolute atomic E-state index is 0.146. The molecule has 1 atom stereocenters. The topological polar surface area (TPSA) is 57.5 Å². The van der Waals surface area contributed by atoms with E-state index >= 15 is 0 Å². The van der Waals surface area contributed by atoms with Crippen molar-refractivity contribution in [2.75, 3.05) is 0 Å². The molecule has 0 aromatic rings. The molecule has 0 rings (SSSR count). The lowest BCUT2D eigenvalue weighted by molar-refractivity contribution is -0.136. The van der Waals surface area contributed by atoms with Crippen molar-refractivity contribution < 1.29 is 15.0 Å². The predicted octanol–water partition coefficient (Wildman–Crippen LogP) is 3.85. The molecule has 19 heavy (non-hydrogen) atoms. The maximum absolute atomic E-state index is 10.3. The molecule has 3 heteroatoms. The van der Waals surface area contributed by atoms with Gasteiger partial charge in [0.25, 0.3) is 0 Å². The zero-order valence-corrected chi connectivity index (χ0v) is 11.8. The minimum atomic E-state index is -0.790. The molecule has 0 aromatic carbocycles. The van der Waals surface area contributed by atoms with Gasteiger partial charge in [-0.05, 0) is 25.7 Å². The Morgan fingerprint density at radius 1 is 1.11 bits per heavy atom. The van der Waals surface area contributed by atoms with Crippen LogP contribution in [0.2, 0.25) is 0 Å². The number of aliphatic carboxylic acids is 1. The molecule has 108 valence electrons. The van der Waals surface area contributed by atoms with Crippen LogP contribution in [0.15, 0.2) is 36.5 Å². The van der Waals surface area contributed by atoms with Crippen LogP contribution in [0.5, 0.6) is 0 Å². The van der Waals surface area contributed by atoms with Crippen LogP contribution < -0.4 is 0 Å². The van der Waals surface area contributed by atoms with Gasteiger partial charge in [0.15, 0.2) is 0 Å². The first-order valence-electron chi connectivity index (χ1n) is 7.05. The molecular formula is C16H26O3. The van der Waals surface area contributed by atoms with Crippen molar-refractivity contribution in [1.82, 2.24) is 0 Å². The normalized spacial score (nSPS) is 13.8. The van der Waals surface area contributed by atoms with Gasteiger partial charge in [-0.3, -0.25) is 4.79 Å². The Kier molecular flexibility index (Phi) is 12.2. The molecule has 0 spiro atoms. The Bertz CT molecular complexity index is 303. The van der Waals surface area contributed by atoms with Crippen LogP contribution >= 0.6 is 0 Å². The third-order valence-corrected chi connectivity index (χ3v) is 2.62. The van der Waals surface area contributed by atoms with E-state index in [1.165, 1.54) is 19.3 Å². The lowest BCUT2D eigenvalue weighted by atomic mass is 10.1. The van der Waals surface area contributed by atoms with E-state index in [0.717, 1.165) is 6.42 Å². The molecule has 1 unspecified atom stereocenters. The van der Waals surface area contributed by atoms with Crippen LogP contribution in [0, 0.1) is 0 Å². The molecule has 0 aliphatic rings. The zero-order valence-electron chi connectivity index (χ0n) is 11.8. The molecule has 0 aliphatic heterocycles. The largest absolute Gasteiger partial charge is 0.481 e. The smallest absolute Gasteiger partial charge is 0.303 e. The molecule has 2 N–H and O–H groups in total. The summed E-state index contributed by atoms with van der Waals surface area (Å²) in [5.41, 5.74) is 0. The fraction of sp³-hybridized carbons (Fsp3) is 0.562. The molecular weight excluding hydrogens is 240 g/mol. The van der Waals surface area contributed by atoms with E-state index in [1.54, 1.807) is 24.3 Å². The summed E-state index contributed by atoms with van der Waals surface area (Å²) in [7, 11) is 0. The summed E-state index contributed by atoms with van der Waals surface area (Å²) >= 11 is 0. The first-order chi connectivity index (χ1) is 9.16. The lowest BCUT2D eigenvalue weighted by Crippen LogP contribution is -1.98. The van der Waals surface area contributed by atoms with Gasteiger partial charge >= 0.3 is 5.97 Å². The zero-order chi connectivity index (χ0) is 14.3. The Balaban J connectivity index is 3.61. The highest BCUT2D eigenvalue weighted by molar-refractivity contribution is 5.66. The van der Waals surface area contributed by atoms with Gasteiger partial charge in [-0.15, -0.1) is 0 Å². The first kappa shape index (κ1) is 17.6. The van der Waals surface area contributed by atoms with Gasteiger partial charge < -0.3 is 10.2 Å². The SMILES string of the molecule is CCCCC/C=C\CC(O)/C=C/C=C/CCC(=O)O. The monoisotopic (exact) mass is 266 g/mol. The van der Waals surface area contributed by atoms with E-state index < -0.39 is 12.1 Å². The number of carbonyl (C=O) groups is 1. The molecule has 3 nitrogen and oxygen atoms in total. The van der Waals surface area contributed by atoms with E-state index in [1.807, 2.05) is 6.08 Å². The van der Waals surface area contributed by atoms with Gasteiger partial charge in [0.1, 0.15) is 0 Å². The summed E-state index contributed by atoms with van der Waals surface area (Å²) in [5.74, 6) is -0.790. The molecule has 0 amide bonds. The summed E-state index contributed by atoms with van der Waals surface area (Å²) in [6.07, 6.45) is 16.8. The van der Waals surface area contributed by atoms with Crippen LogP contribution in [0.3, 0.4) is 0 Å².